The largest absolute Gasteiger partial charge is 0.342 e. The Morgan fingerprint density at radius 2 is 1.73 bits per heavy atom. The fourth-order valence-corrected chi connectivity index (χ4v) is 3.68. The van der Waals surface area contributed by atoms with Gasteiger partial charge in [-0.1, -0.05) is 13.8 Å². The molecule has 7 heteroatoms. The summed E-state index contributed by atoms with van der Waals surface area (Å²) >= 11 is 7.04. The highest BCUT2D eigenvalue weighted by atomic mass is 79.9. The predicted molar refractivity (Wildman–Crippen MR) is 94.2 cm³/mol. The van der Waals surface area contributed by atoms with E-state index in [-0.39, 0.29) is 6.03 Å². The monoisotopic (exact) mass is 431 g/mol. The number of rotatable bonds is 3. The minimum Gasteiger partial charge on any atom is -0.342 e. The number of anilines is 1. The number of nitrogens with one attached hydrogen (secondary N) is 1. The quantitative estimate of drug-likeness (QED) is 0.741. The van der Waals surface area contributed by atoms with Crippen LogP contribution in [0.15, 0.2) is 21.1 Å². The lowest BCUT2D eigenvalue weighted by Crippen LogP contribution is -2.49. The molecule has 0 saturated carbocycles. The zero-order valence-electron chi connectivity index (χ0n) is 12.6. The van der Waals surface area contributed by atoms with Crippen molar-refractivity contribution in [2.45, 2.75) is 19.8 Å². The van der Waals surface area contributed by atoms with Crippen LogP contribution in [0.2, 0.25) is 0 Å². The van der Waals surface area contributed by atoms with Gasteiger partial charge in [0, 0.05) is 35.1 Å². The molecule has 1 N–H and O–H groups in total. The molecule has 1 aromatic carbocycles. The van der Waals surface area contributed by atoms with Gasteiger partial charge in [-0.15, -0.1) is 0 Å². The summed E-state index contributed by atoms with van der Waals surface area (Å²) in [7, 11) is 0. The Hall–Kier alpha value is -1.08. The van der Waals surface area contributed by atoms with Crippen LogP contribution in [0.3, 0.4) is 0 Å². The molecule has 1 fully saturated rings. The molecule has 1 heterocycles. The van der Waals surface area contributed by atoms with Gasteiger partial charge in [-0.25, -0.2) is 4.79 Å². The van der Waals surface area contributed by atoms with Gasteiger partial charge in [-0.2, -0.15) is 0 Å². The van der Waals surface area contributed by atoms with Crippen LogP contribution in [-0.2, 0) is 4.79 Å². The topological polar surface area (TPSA) is 52.7 Å². The maximum absolute atomic E-state index is 12.4. The summed E-state index contributed by atoms with van der Waals surface area (Å²) in [5.41, 5.74) is 1.92. The molecule has 5 nitrogen and oxygen atoms in total. The fourth-order valence-electron chi connectivity index (χ4n) is 2.26. The van der Waals surface area contributed by atoms with Crippen molar-refractivity contribution in [1.29, 1.82) is 0 Å². The molecule has 0 unspecified atom stereocenters. The second-order valence-corrected chi connectivity index (χ2v) is 7.28. The average Bonchev–Trinajstić information content (AvgIpc) is 2.50. The smallest absolute Gasteiger partial charge is 0.322 e. The molecular formula is C15H19Br2N3O2. The minimum absolute atomic E-state index is 0.149. The Balaban J connectivity index is 2.07. The van der Waals surface area contributed by atoms with E-state index < -0.39 is 0 Å². The van der Waals surface area contributed by atoms with Gasteiger partial charge in [0.25, 0.3) is 0 Å². The van der Waals surface area contributed by atoms with Crippen molar-refractivity contribution in [2.24, 2.45) is 0 Å². The predicted octanol–water partition coefficient (Wildman–Crippen LogP) is 3.64. The number of hydrogen-bond acceptors (Lipinski definition) is 2. The van der Waals surface area contributed by atoms with Crippen LogP contribution in [0.4, 0.5) is 10.5 Å². The number of piperazine rings is 1. The molecule has 120 valence electrons. The molecule has 0 aliphatic carbocycles. The maximum Gasteiger partial charge on any atom is 0.322 e. The molecule has 1 aliphatic rings. The van der Waals surface area contributed by atoms with Gasteiger partial charge in [0.15, 0.2) is 0 Å². The fraction of sp³-hybridized carbons (Fsp3) is 0.467. The normalized spacial score (nSPS) is 15.1. The molecule has 0 radical (unpaired) electrons. The first-order chi connectivity index (χ1) is 10.4. The number of urea groups is 1. The lowest BCUT2D eigenvalue weighted by Gasteiger charge is -2.32. The van der Waals surface area contributed by atoms with E-state index in [0.717, 1.165) is 21.0 Å². The van der Waals surface area contributed by atoms with E-state index in [9.17, 15) is 9.59 Å². The SMILES string of the molecule is CC(C)c1cc(Br)c(NC(=O)N2CCN(C=O)CC2)c(Br)c1. The van der Waals surface area contributed by atoms with Gasteiger partial charge in [0.2, 0.25) is 6.41 Å². The van der Waals surface area contributed by atoms with Crippen LogP contribution < -0.4 is 5.32 Å². The van der Waals surface area contributed by atoms with Crippen LogP contribution in [0.1, 0.15) is 25.3 Å². The number of carbonyl (C=O) groups excluding carboxylic acids is 2. The third-order valence-electron chi connectivity index (χ3n) is 3.71. The van der Waals surface area contributed by atoms with Crippen molar-refractivity contribution in [1.82, 2.24) is 9.80 Å². The van der Waals surface area contributed by atoms with Crippen LogP contribution in [0.5, 0.6) is 0 Å². The van der Waals surface area contributed by atoms with Crippen molar-refractivity contribution >= 4 is 50.0 Å². The van der Waals surface area contributed by atoms with Crippen molar-refractivity contribution in [2.75, 3.05) is 31.5 Å². The van der Waals surface area contributed by atoms with E-state index in [1.54, 1.807) is 9.80 Å². The lowest BCUT2D eigenvalue weighted by atomic mass is 10.0. The van der Waals surface area contributed by atoms with E-state index in [0.29, 0.717) is 32.1 Å². The van der Waals surface area contributed by atoms with Gasteiger partial charge >= 0.3 is 6.03 Å². The van der Waals surface area contributed by atoms with Crippen LogP contribution in [0, 0.1) is 0 Å². The van der Waals surface area contributed by atoms with E-state index in [4.69, 9.17) is 0 Å². The summed E-state index contributed by atoms with van der Waals surface area (Å²) < 4.78 is 1.70. The zero-order chi connectivity index (χ0) is 16.3. The summed E-state index contributed by atoms with van der Waals surface area (Å²) in [6.07, 6.45) is 0.826. The van der Waals surface area contributed by atoms with Crippen molar-refractivity contribution in [3.05, 3.63) is 26.6 Å². The number of hydrogen-bond donors (Lipinski definition) is 1. The molecule has 1 aliphatic heterocycles. The summed E-state index contributed by atoms with van der Waals surface area (Å²) in [5.74, 6) is 0.411. The molecule has 2 rings (SSSR count). The molecule has 0 bridgehead atoms. The van der Waals surface area contributed by atoms with E-state index in [1.807, 2.05) is 12.1 Å². The van der Waals surface area contributed by atoms with Crippen LogP contribution in [0.25, 0.3) is 0 Å². The van der Waals surface area contributed by atoms with Crippen molar-refractivity contribution < 1.29 is 9.59 Å². The van der Waals surface area contributed by atoms with Gasteiger partial charge in [-0.3, -0.25) is 4.79 Å². The van der Waals surface area contributed by atoms with Gasteiger partial charge in [0.05, 0.1) is 5.69 Å². The van der Waals surface area contributed by atoms with Gasteiger partial charge in [0.1, 0.15) is 0 Å². The third kappa shape index (κ3) is 4.01. The molecule has 3 amide bonds. The van der Waals surface area contributed by atoms with E-state index in [2.05, 4.69) is 51.0 Å². The van der Waals surface area contributed by atoms with E-state index >= 15 is 0 Å². The Kier molecular flexibility index (Phi) is 5.86. The first-order valence-corrected chi connectivity index (χ1v) is 8.75. The van der Waals surface area contributed by atoms with Gasteiger partial charge < -0.3 is 15.1 Å². The summed E-state index contributed by atoms with van der Waals surface area (Å²) in [5, 5.41) is 2.93. The number of amides is 3. The second kappa shape index (κ2) is 7.46. The number of carbonyl (C=O) groups is 2. The molecule has 0 spiro atoms. The first kappa shape index (κ1) is 17.3. The Morgan fingerprint density at radius 3 is 2.18 bits per heavy atom. The highest BCUT2D eigenvalue weighted by molar-refractivity contribution is 9.11. The lowest BCUT2D eigenvalue weighted by molar-refractivity contribution is -0.119. The Labute approximate surface area is 147 Å². The summed E-state index contributed by atoms with van der Waals surface area (Å²) in [6, 6.07) is 3.90. The van der Waals surface area contributed by atoms with Gasteiger partial charge in [-0.05, 0) is 55.5 Å². The summed E-state index contributed by atoms with van der Waals surface area (Å²) in [6.45, 7) is 6.49. The summed E-state index contributed by atoms with van der Waals surface area (Å²) in [4.78, 5) is 26.4. The molecule has 0 atom stereocenters. The molecule has 0 aromatic heterocycles. The standard InChI is InChI=1S/C15H19Br2N3O2/c1-10(2)11-7-12(16)14(13(17)8-11)18-15(22)20-5-3-19(9-21)4-6-20/h7-10H,3-6H2,1-2H3,(H,18,22). The Bertz CT molecular complexity index is 547. The first-order valence-electron chi connectivity index (χ1n) is 7.16. The highest BCUT2D eigenvalue weighted by Gasteiger charge is 2.21. The molecular weight excluding hydrogens is 414 g/mol. The van der Waals surface area contributed by atoms with E-state index in [1.165, 1.54) is 5.56 Å². The second-order valence-electron chi connectivity index (χ2n) is 5.57. The van der Waals surface area contributed by atoms with Crippen molar-refractivity contribution in [3.63, 3.8) is 0 Å². The molecule has 1 saturated heterocycles. The van der Waals surface area contributed by atoms with Crippen LogP contribution >= 0.6 is 31.9 Å². The van der Waals surface area contributed by atoms with Crippen molar-refractivity contribution in [3.8, 4) is 0 Å². The molecule has 22 heavy (non-hydrogen) atoms. The third-order valence-corrected chi connectivity index (χ3v) is 4.96. The zero-order valence-corrected chi connectivity index (χ0v) is 15.8. The highest BCUT2D eigenvalue weighted by Crippen LogP contribution is 2.34. The minimum atomic E-state index is -0.149. The number of halogens is 2. The number of benzene rings is 1. The average molecular weight is 433 g/mol. The van der Waals surface area contributed by atoms with Crippen LogP contribution in [-0.4, -0.2) is 48.4 Å². The molecule has 1 aromatic rings. The number of nitrogens with zero attached hydrogens (tertiary/aromatic N) is 2. The Morgan fingerprint density at radius 1 is 1.18 bits per heavy atom. The maximum atomic E-state index is 12.4.